The molecule has 4 rings (SSSR count). The molecule has 1 aliphatic carbocycles. The molecule has 0 bridgehead atoms. The van der Waals surface area contributed by atoms with E-state index in [1.54, 1.807) is 18.6 Å². The molecule has 0 radical (unpaired) electrons. The van der Waals surface area contributed by atoms with E-state index in [0.29, 0.717) is 0 Å². The summed E-state index contributed by atoms with van der Waals surface area (Å²) in [5.74, 6) is 0. The molecule has 1 aliphatic heterocycles. The zero-order valence-electron chi connectivity index (χ0n) is 19.7. The van der Waals surface area contributed by atoms with Gasteiger partial charge in [-0.15, -0.1) is 0 Å². The van der Waals surface area contributed by atoms with Gasteiger partial charge in [-0.1, -0.05) is 18.2 Å². The molecule has 0 saturated carbocycles. The number of ether oxygens (including phenoxy) is 1. The highest BCUT2D eigenvalue weighted by molar-refractivity contribution is 5.85. The van der Waals surface area contributed by atoms with Gasteiger partial charge in [-0.25, -0.2) is 0 Å². The summed E-state index contributed by atoms with van der Waals surface area (Å²) in [6.45, 7) is 9.77. The lowest BCUT2D eigenvalue weighted by Gasteiger charge is -2.31. The molecule has 6 nitrogen and oxygen atoms in total. The second-order valence-electron chi connectivity index (χ2n) is 8.18. The summed E-state index contributed by atoms with van der Waals surface area (Å²) in [7, 11) is 0. The smallest absolute Gasteiger partial charge is 0.0642 e. The number of hydrogen-bond donors (Lipinski definition) is 0. The standard InChI is InChI=1S/C27H33N5O/c1-3-31(4-2)26-11-7-22(8-12-26)18-24-9-10-25(27(24)32-14-16-33-17-15-32)21-30-29-20-23-6-5-13-28-19-23/h5-8,11-13,18-21H,3-4,9-10,14-17H2,1-2H3/b24-18+,29-20-,30-21+. The van der Waals surface area contributed by atoms with Crippen molar-refractivity contribution in [1.82, 2.24) is 9.88 Å². The molecule has 6 heteroatoms. The van der Waals surface area contributed by atoms with Crippen LogP contribution >= 0.6 is 0 Å². The van der Waals surface area contributed by atoms with E-state index in [0.717, 1.165) is 57.8 Å². The van der Waals surface area contributed by atoms with Crippen molar-refractivity contribution in [2.24, 2.45) is 10.2 Å². The summed E-state index contributed by atoms with van der Waals surface area (Å²) in [5.41, 5.74) is 7.36. The zero-order chi connectivity index (χ0) is 22.9. The van der Waals surface area contributed by atoms with Crippen molar-refractivity contribution in [2.75, 3.05) is 44.3 Å². The van der Waals surface area contributed by atoms with E-state index in [4.69, 9.17) is 4.74 Å². The number of nitrogens with zero attached hydrogens (tertiary/aromatic N) is 5. The SMILES string of the molecule is CCN(CC)c1ccc(/C=C2\CCC(/C=N/N=C\c3cccnc3)=C2N2CCOCC2)cc1. The third-order valence-corrected chi connectivity index (χ3v) is 6.13. The topological polar surface area (TPSA) is 53.3 Å². The van der Waals surface area contributed by atoms with Gasteiger partial charge in [0.2, 0.25) is 0 Å². The number of rotatable bonds is 8. The fraction of sp³-hybridized carbons (Fsp3) is 0.370. The van der Waals surface area contributed by atoms with Gasteiger partial charge in [-0.3, -0.25) is 4.98 Å². The third kappa shape index (κ3) is 5.96. The quantitative estimate of drug-likeness (QED) is 0.435. The fourth-order valence-electron chi connectivity index (χ4n) is 4.40. The van der Waals surface area contributed by atoms with E-state index in [1.165, 1.54) is 28.1 Å². The number of allylic oxidation sites excluding steroid dienone is 2. The number of benzene rings is 1. The fourth-order valence-corrected chi connectivity index (χ4v) is 4.40. The first-order valence-corrected chi connectivity index (χ1v) is 11.9. The summed E-state index contributed by atoms with van der Waals surface area (Å²) < 4.78 is 5.60. The van der Waals surface area contributed by atoms with Crippen molar-refractivity contribution in [3.63, 3.8) is 0 Å². The first-order valence-electron chi connectivity index (χ1n) is 11.9. The van der Waals surface area contributed by atoms with Gasteiger partial charge in [0.15, 0.2) is 0 Å². The number of pyridine rings is 1. The van der Waals surface area contributed by atoms with Crippen molar-refractivity contribution < 1.29 is 4.74 Å². The molecule has 2 aliphatic rings. The van der Waals surface area contributed by atoms with Crippen LogP contribution in [0.15, 0.2) is 75.8 Å². The molecular formula is C27H33N5O. The van der Waals surface area contributed by atoms with Gasteiger partial charge in [0.05, 0.1) is 25.6 Å². The molecule has 172 valence electrons. The minimum absolute atomic E-state index is 0.763. The average molecular weight is 444 g/mol. The lowest BCUT2D eigenvalue weighted by atomic mass is 10.1. The number of aromatic nitrogens is 1. The van der Waals surface area contributed by atoms with Crippen LogP contribution in [0.4, 0.5) is 5.69 Å². The summed E-state index contributed by atoms with van der Waals surface area (Å²) in [6, 6.07) is 12.8. The van der Waals surface area contributed by atoms with Crippen molar-refractivity contribution in [3.8, 4) is 0 Å². The van der Waals surface area contributed by atoms with Crippen molar-refractivity contribution in [2.45, 2.75) is 26.7 Å². The lowest BCUT2D eigenvalue weighted by Crippen LogP contribution is -2.36. The zero-order valence-corrected chi connectivity index (χ0v) is 19.7. The van der Waals surface area contributed by atoms with E-state index in [1.807, 2.05) is 18.3 Å². The van der Waals surface area contributed by atoms with Crippen LogP contribution in [-0.4, -0.2) is 61.7 Å². The van der Waals surface area contributed by atoms with Gasteiger partial charge in [-0.2, -0.15) is 10.2 Å². The van der Waals surface area contributed by atoms with Crippen LogP contribution in [0.25, 0.3) is 6.08 Å². The molecule has 0 N–H and O–H groups in total. The molecule has 0 atom stereocenters. The molecule has 1 aromatic carbocycles. The van der Waals surface area contributed by atoms with Crippen LogP contribution in [0.1, 0.15) is 37.8 Å². The van der Waals surface area contributed by atoms with Crippen LogP contribution in [0.3, 0.4) is 0 Å². The number of anilines is 1. The Kier molecular flexibility index (Phi) is 8.04. The summed E-state index contributed by atoms with van der Waals surface area (Å²) >= 11 is 0. The molecule has 1 fully saturated rings. The summed E-state index contributed by atoms with van der Waals surface area (Å²) in [5, 5.41) is 8.59. The molecule has 0 amide bonds. The third-order valence-electron chi connectivity index (χ3n) is 6.13. The van der Waals surface area contributed by atoms with Crippen molar-refractivity contribution in [1.29, 1.82) is 0 Å². The first-order chi connectivity index (χ1) is 16.3. The minimum Gasteiger partial charge on any atom is -0.378 e. The highest BCUT2D eigenvalue weighted by Crippen LogP contribution is 2.35. The van der Waals surface area contributed by atoms with Crippen LogP contribution in [0.5, 0.6) is 0 Å². The molecular weight excluding hydrogens is 410 g/mol. The van der Waals surface area contributed by atoms with E-state index in [9.17, 15) is 0 Å². The van der Waals surface area contributed by atoms with Crippen molar-refractivity contribution in [3.05, 3.63) is 76.8 Å². The molecule has 1 saturated heterocycles. The highest BCUT2D eigenvalue weighted by Gasteiger charge is 2.25. The van der Waals surface area contributed by atoms with Gasteiger partial charge in [0.25, 0.3) is 0 Å². The number of morpholine rings is 1. The Bertz CT molecular complexity index is 1010. The predicted molar refractivity (Wildman–Crippen MR) is 137 cm³/mol. The largest absolute Gasteiger partial charge is 0.378 e. The maximum absolute atomic E-state index is 5.60. The van der Waals surface area contributed by atoms with Gasteiger partial charge in [0.1, 0.15) is 0 Å². The Morgan fingerprint density at radius 2 is 1.73 bits per heavy atom. The Morgan fingerprint density at radius 3 is 2.42 bits per heavy atom. The van der Waals surface area contributed by atoms with Gasteiger partial charge in [-0.05, 0) is 67.7 Å². The highest BCUT2D eigenvalue weighted by atomic mass is 16.5. The Labute approximate surface area is 197 Å². The van der Waals surface area contributed by atoms with E-state index in [-0.39, 0.29) is 0 Å². The average Bonchev–Trinajstić information content (AvgIpc) is 3.27. The second-order valence-corrected chi connectivity index (χ2v) is 8.18. The van der Waals surface area contributed by atoms with Crippen LogP contribution in [0.2, 0.25) is 0 Å². The first kappa shape index (κ1) is 22.9. The summed E-state index contributed by atoms with van der Waals surface area (Å²) in [6.07, 6.45) is 11.5. The number of hydrogen-bond acceptors (Lipinski definition) is 6. The van der Waals surface area contributed by atoms with Gasteiger partial charge < -0.3 is 14.5 Å². The Morgan fingerprint density at radius 1 is 0.970 bits per heavy atom. The molecule has 2 heterocycles. The van der Waals surface area contributed by atoms with E-state index < -0.39 is 0 Å². The predicted octanol–water partition coefficient (Wildman–Crippen LogP) is 4.80. The monoisotopic (exact) mass is 443 g/mol. The Hall–Kier alpha value is -3.25. The molecule has 33 heavy (non-hydrogen) atoms. The molecule has 2 aromatic rings. The molecule has 1 aromatic heterocycles. The van der Waals surface area contributed by atoms with Crippen LogP contribution < -0.4 is 4.90 Å². The lowest BCUT2D eigenvalue weighted by molar-refractivity contribution is 0.0548. The second kappa shape index (κ2) is 11.6. The van der Waals surface area contributed by atoms with E-state index in [2.05, 4.69) is 69.2 Å². The normalized spacial score (nSPS) is 18.2. The van der Waals surface area contributed by atoms with Crippen molar-refractivity contribution >= 4 is 24.2 Å². The maximum atomic E-state index is 5.60. The maximum Gasteiger partial charge on any atom is 0.0642 e. The molecule has 0 spiro atoms. The molecule has 0 unspecified atom stereocenters. The Balaban J connectivity index is 1.57. The summed E-state index contributed by atoms with van der Waals surface area (Å²) in [4.78, 5) is 8.92. The minimum atomic E-state index is 0.763. The van der Waals surface area contributed by atoms with E-state index >= 15 is 0 Å². The van der Waals surface area contributed by atoms with Crippen LogP contribution in [0, 0.1) is 0 Å². The van der Waals surface area contributed by atoms with Gasteiger partial charge in [0, 0.05) is 55.5 Å². The van der Waals surface area contributed by atoms with Gasteiger partial charge >= 0.3 is 0 Å². The van der Waals surface area contributed by atoms with Crippen LogP contribution in [-0.2, 0) is 4.74 Å².